The van der Waals surface area contributed by atoms with Gasteiger partial charge in [-0.3, -0.25) is 4.98 Å². The molecule has 1 saturated carbocycles. The van der Waals surface area contributed by atoms with Gasteiger partial charge < -0.3 is 9.84 Å². The normalized spacial score (nSPS) is 18.7. The number of aryl methyl sites for hydroxylation is 1. The number of aromatic nitrogens is 1. The third-order valence-electron chi connectivity index (χ3n) is 2.68. The van der Waals surface area contributed by atoms with Gasteiger partial charge >= 0.3 is 0 Å². The van der Waals surface area contributed by atoms with Gasteiger partial charge in [-0.15, -0.1) is 0 Å². The summed E-state index contributed by atoms with van der Waals surface area (Å²) in [4.78, 5) is 4.12. The predicted molar refractivity (Wildman–Crippen MR) is 53.3 cm³/mol. The molecule has 1 aliphatic carbocycles. The number of nitrogens with zero attached hydrogens (tertiary/aromatic N) is 1. The highest BCUT2D eigenvalue weighted by Crippen LogP contribution is 2.31. The molecule has 0 saturated heterocycles. The second-order valence-corrected chi connectivity index (χ2v) is 4.00. The third-order valence-corrected chi connectivity index (χ3v) is 2.68. The molecule has 1 fully saturated rings. The molecule has 0 aromatic carbocycles. The van der Waals surface area contributed by atoms with Gasteiger partial charge in [0.25, 0.3) is 0 Å². The maximum atomic E-state index is 9.78. The Morgan fingerprint density at radius 3 is 2.79 bits per heavy atom. The van der Waals surface area contributed by atoms with E-state index in [0.717, 1.165) is 30.7 Å². The fraction of sp³-hybridized carbons (Fsp3) is 0.545. The van der Waals surface area contributed by atoms with Crippen LogP contribution >= 0.6 is 0 Å². The molecule has 1 heterocycles. The lowest BCUT2D eigenvalue weighted by Gasteiger charge is -2.35. The first kappa shape index (κ1) is 9.46. The van der Waals surface area contributed by atoms with Gasteiger partial charge in [-0.05, 0) is 38.3 Å². The molecule has 1 aliphatic rings. The van der Waals surface area contributed by atoms with Crippen molar-refractivity contribution >= 4 is 0 Å². The van der Waals surface area contributed by atoms with Crippen molar-refractivity contribution in [3.05, 3.63) is 24.0 Å². The summed E-state index contributed by atoms with van der Waals surface area (Å²) in [6.45, 7) is 2.32. The molecule has 3 heteroatoms. The van der Waals surface area contributed by atoms with E-state index >= 15 is 0 Å². The Labute approximate surface area is 83.7 Å². The van der Waals surface area contributed by atoms with Gasteiger partial charge in [-0.2, -0.15) is 0 Å². The van der Waals surface area contributed by atoms with Crippen LogP contribution in [0.3, 0.4) is 0 Å². The molecule has 0 spiro atoms. The van der Waals surface area contributed by atoms with Crippen LogP contribution in [0.2, 0.25) is 0 Å². The maximum Gasteiger partial charge on any atom is 0.137 e. The zero-order valence-corrected chi connectivity index (χ0v) is 8.36. The smallest absolute Gasteiger partial charge is 0.137 e. The van der Waals surface area contributed by atoms with E-state index in [9.17, 15) is 5.11 Å². The van der Waals surface area contributed by atoms with Crippen molar-refractivity contribution in [2.45, 2.75) is 31.8 Å². The third kappa shape index (κ3) is 2.04. The van der Waals surface area contributed by atoms with Gasteiger partial charge in [0.15, 0.2) is 0 Å². The van der Waals surface area contributed by atoms with E-state index in [1.54, 1.807) is 6.20 Å². The Bertz CT molecular complexity index is 304. The van der Waals surface area contributed by atoms with Crippen LogP contribution in [0.25, 0.3) is 0 Å². The molecule has 0 aliphatic heterocycles. The van der Waals surface area contributed by atoms with Crippen LogP contribution in [0.15, 0.2) is 18.3 Å². The molecule has 1 N–H and O–H groups in total. The van der Waals surface area contributed by atoms with Gasteiger partial charge in [0.2, 0.25) is 0 Å². The van der Waals surface area contributed by atoms with Crippen molar-refractivity contribution in [1.29, 1.82) is 0 Å². The van der Waals surface area contributed by atoms with Crippen molar-refractivity contribution in [3.63, 3.8) is 0 Å². The zero-order valence-electron chi connectivity index (χ0n) is 8.36. The summed E-state index contributed by atoms with van der Waals surface area (Å²) in [6.07, 6.45) is 4.50. The summed E-state index contributed by atoms with van der Waals surface area (Å²) in [5, 5.41) is 9.78. The highest BCUT2D eigenvalue weighted by molar-refractivity contribution is 5.19. The molecule has 0 unspecified atom stereocenters. The highest BCUT2D eigenvalue weighted by Gasteiger charge is 2.35. The van der Waals surface area contributed by atoms with E-state index in [2.05, 4.69) is 4.98 Å². The minimum atomic E-state index is -0.578. The van der Waals surface area contributed by atoms with Crippen LogP contribution in [-0.4, -0.2) is 22.3 Å². The largest absolute Gasteiger partial charge is 0.489 e. The topological polar surface area (TPSA) is 42.4 Å². The Hall–Kier alpha value is -1.09. The van der Waals surface area contributed by atoms with E-state index in [-0.39, 0.29) is 0 Å². The van der Waals surface area contributed by atoms with Crippen LogP contribution in [-0.2, 0) is 0 Å². The van der Waals surface area contributed by atoms with Crippen molar-refractivity contribution in [2.75, 3.05) is 6.61 Å². The quantitative estimate of drug-likeness (QED) is 0.794. The van der Waals surface area contributed by atoms with E-state index in [1.807, 2.05) is 19.1 Å². The molecule has 0 atom stereocenters. The Morgan fingerprint density at radius 2 is 2.29 bits per heavy atom. The number of hydrogen-bond donors (Lipinski definition) is 1. The van der Waals surface area contributed by atoms with Crippen molar-refractivity contribution in [2.24, 2.45) is 0 Å². The molecular weight excluding hydrogens is 178 g/mol. The second kappa shape index (κ2) is 3.58. The summed E-state index contributed by atoms with van der Waals surface area (Å²) in [5.41, 5.74) is 0.393. The van der Waals surface area contributed by atoms with Crippen LogP contribution in [0.5, 0.6) is 5.75 Å². The molecule has 0 bridgehead atoms. The average Bonchev–Trinajstić information content (AvgIpc) is 2.14. The lowest BCUT2D eigenvalue weighted by molar-refractivity contribution is -0.0664. The average molecular weight is 193 g/mol. The number of pyridine rings is 1. The molecule has 1 aromatic heterocycles. The minimum absolute atomic E-state index is 0.387. The minimum Gasteiger partial charge on any atom is -0.489 e. The number of rotatable bonds is 3. The van der Waals surface area contributed by atoms with E-state index < -0.39 is 5.60 Å². The van der Waals surface area contributed by atoms with Gasteiger partial charge in [-0.25, -0.2) is 0 Å². The predicted octanol–water partition coefficient (Wildman–Crippen LogP) is 1.68. The monoisotopic (exact) mass is 193 g/mol. The second-order valence-electron chi connectivity index (χ2n) is 4.00. The van der Waals surface area contributed by atoms with Crippen molar-refractivity contribution < 1.29 is 9.84 Å². The fourth-order valence-electron chi connectivity index (χ4n) is 1.49. The molecule has 2 rings (SSSR count). The van der Waals surface area contributed by atoms with Gasteiger partial charge in [0.05, 0.1) is 11.8 Å². The van der Waals surface area contributed by atoms with Crippen LogP contribution in [0, 0.1) is 6.92 Å². The van der Waals surface area contributed by atoms with E-state index in [1.165, 1.54) is 0 Å². The van der Waals surface area contributed by atoms with Crippen LogP contribution in [0.4, 0.5) is 0 Å². The fourth-order valence-corrected chi connectivity index (χ4v) is 1.49. The van der Waals surface area contributed by atoms with Crippen molar-refractivity contribution in [3.8, 4) is 5.75 Å². The Kier molecular flexibility index (Phi) is 2.42. The number of aliphatic hydroxyl groups is 1. The summed E-state index contributed by atoms with van der Waals surface area (Å²) < 4.78 is 5.46. The Balaban J connectivity index is 1.88. The highest BCUT2D eigenvalue weighted by atomic mass is 16.5. The first-order chi connectivity index (χ1) is 6.68. The first-order valence-electron chi connectivity index (χ1n) is 4.96. The summed E-state index contributed by atoms with van der Waals surface area (Å²) in [7, 11) is 0. The molecule has 76 valence electrons. The van der Waals surface area contributed by atoms with Crippen LogP contribution < -0.4 is 4.74 Å². The van der Waals surface area contributed by atoms with Crippen molar-refractivity contribution in [1.82, 2.24) is 4.98 Å². The first-order valence-corrected chi connectivity index (χ1v) is 4.96. The van der Waals surface area contributed by atoms with Crippen LogP contribution in [0.1, 0.15) is 25.0 Å². The molecule has 0 radical (unpaired) electrons. The summed E-state index contributed by atoms with van der Waals surface area (Å²) in [6, 6.07) is 3.78. The number of hydrogen-bond acceptors (Lipinski definition) is 3. The summed E-state index contributed by atoms with van der Waals surface area (Å²) >= 11 is 0. The molecule has 1 aromatic rings. The van der Waals surface area contributed by atoms with E-state index in [0.29, 0.717) is 6.61 Å². The molecule has 14 heavy (non-hydrogen) atoms. The lowest BCUT2D eigenvalue weighted by atomic mass is 9.81. The molecule has 3 nitrogen and oxygen atoms in total. The lowest BCUT2D eigenvalue weighted by Crippen LogP contribution is -2.42. The summed E-state index contributed by atoms with van der Waals surface area (Å²) in [5.74, 6) is 0.732. The van der Waals surface area contributed by atoms with Gasteiger partial charge in [-0.1, -0.05) is 0 Å². The standard InChI is InChI=1S/C11H15NO2/c1-9-3-4-10(7-12-9)14-8-11(13)5-2-6-11/h3-4,7,13H,2,5-6,8H2,1H3. The zero-order chi connectivity index (χ0) is 10.0. The number of ether oxygens (including phenoxy) is 1. The maximum absolute atomic E-state index is 9.78. The SMILES string of the molecule is Cc1ccc(OCC2(O)CCC2)cn1. The molecule has 0 amide bonds. The van der Waals surface area contributed by atoms with Gasteiger partial charge in [0.1, 0.15) is 12.4 Å². The Morgan fingerprint density at radius 1 is 1.50 bits per heavy atom. The van der Waals surface area contributed by atoms with Gasteiger partial charge in [0, 0.05) is 5.69 Å². The van der Waals surface area contributed by atoms with E-state index in [4.69, 9.17) is 4.74 Å². The molecular formula is C11H15NO2.